The number of ketones is 1. The fourth-order valence-corrected chi connectivity index (χ4v) is 1.29. The van der Waals surface area contributed by atoms with Gasteiger partial charge in [-0.1, -0.05) is 12.2 Å². The van der Waals surface area contributed by atoms with Gasteiger partial charge < -0.3 is 5.11 Å². The molecule has 1 aromatic carbocycles. The number of nitrogens with zero attached hydrogens (tertiary/aromatic N) is 2. The number of benzene rings is 1. The van der Waals surface area contributed by atoms with Gasteiger partial charge in [0.15, 0.2) is 11.5 Å². The molecule has 6 nitrogen and oxygen atoms in total. The van der Waals surface area contributed by atoms with Gasteiger partial charge in [0.05, 0.1) is 10.5 Å². The fourth-order valence-electron chi connectivity index (χ4n) is 1.29. The second-order valence-electron chi connectivity index (χ2n) is 3.61. The molecule has 0 fully saturated rings. The van der Waals surface area contributed by atoms with E-state index < -0.39 is 10.7 Å². The lowest BCUT2D eigenvalue weighted by Crippen LogP contribution is -1.91. The van der Waals surface area contributed by atoms with Gasteiger partial charge >= 0.3 is 5.69 Å². The molecule has 0 aromatic heterocycles. The monoisotopic (exact) mass is 258 g/mol. The number of Topliss-reactive ketones (excluding diaryl/α,β-unsaturated/α-hetero) is 1. The molecule has 0 heterocycles. The number of carbonyl (C=O) groups is 1. The minimum atomic E-state index is -0.688. The Morgan fingerprint density at radius 1 is 1.53 bits per heavy atom. The molecule has 0 spiro atoms. The maximum Gasteiger partial charge on any atom is 0.310 e. The van der Waals surface area contributed by atoms with Crippen molar-refractivity contribution in [1.82, 2.24) is 0 Å². The summed E-state index contributed by atoms with van der Waals surface area (Å²) in [5.41, 5.74) is 0.136. The number of nitriles is 1. The number of carbonyl (C=O) groups excluding carboxylic acids is 1. The standard InChI is InChI=1S/C13H10N2O4/c1-9(16)11(8-14)4-2-3-10-5-6-12(15(18)19)13(17)7-10/h2-7,17H,1H3/b3-2+,11-4+. The summed E-state index contributed by atoms with van der Waals surface area (Å²) < 4.78 is 0. The quantitative estimate of drug-likeness (QED) is 0.293. The molecule has 0 atom stereocenters. The number of phenolic OH excluding ortho intramolecular Hbond substituents is 1. The average molecular weight is 258 g/mol. The molecule has 1 rings (SSSR count). The van der Waals surface area contributed by atoms with Crippen molar-refractivity contribution in [3.63, 3.8) is 0 Å². The Bertz CT molecular complexity index is 624. The highest BCUT2D eigenvalue weighted by Gasteiger charge is 2.11. The van der Waals surface area contributed by atoms with E-state index in [9.17, 15) is 20.0 Å². The minimum absolute atomic E-state index is 0.00221. The molecule has 0 aliphatic heterocycles. The van der Waals surface area contributed by atoms with Crippen LogP contribution < -0.4 is 0 Å². The van der Waals surface area contributed by atoms with Gasteiger partial charge in [0.25, 0.3) is 0 Å². The number of nitro benzene ring substituents is 1. The maximum absolute atomic E-state index is 11.0. The van der Waals surface area contributed by atoms with E-state index in [1.54, 1.807) is 6.07 Å². The third-order valence-corrected chi connectivity index (χ3v) is 2.25. The first-order chi connectivity index (χ1) is 8.95. The second kappa shape index (κ2) is 6.12. The van der Waals surface area contributed by atoms with Crippen LogP contribution in [0.5, 0.6) is 5.75 Å². The number of hydrogen-bond acceptors (Lipinski definition) is 5. The number of allylic oxidation sites excluding steroid dienone is 3. The van der Waals surface area contributed by atoms with Crippen LogP contribution in [0.1, 0.15) is 12.5 Å². The molecule has 6 heteroatoms. The van der Waals surface area contributed by atoms with Gasteiger partial charge in [-0.15, -0.1) is 0 Å². The predicted octanol–water partition coefficient (Wildman–Crippen LogP) is 2.35. The van der Waals surface area contributed by atoms with Crippen LogP contribution in [-0.2, 0) is 4.79 Å². The molecule has 0 aliphatic rings. The molecular weight excluding hydrogens is 248 g/mol. The van der Waals surface area contributed by atoms with Gasteiger partial charge in [-0.2, -0.15) is 5.26 Å². The zero-order chi connectivity index (χ0) is 14.4. The van der Waals surface area contributed by atoms with Gasteiger partial charge in [-0.3, -0.25) is 14.9 Å². The van der Waals surface area contributed by atoms with E-state index in [2.05, 4.69) is 0 Å². The van der Waals surface area contributed by atoms with Crippen molar-refractivity contribution in [3.05, 3.63) is 51.6 Å². The topological polar surface area (TPSA) is 104 Å². The lowest BCUT2D eigenvalue weighted by Gasteiger charge is -1.97. The summed E-state index contributed by atoms with van der Waals surface area (Å²) in [7, 11) is 0. The van der Waals surface area contributed by atoms with Crippen LogP contribution in [0.4, 0.5) is 5.69 Å². The Kier molecular flexibility index (Phi) is 4.55. The Balaban J connectivity index is 2.96. The molecule has 0 saturated carbocycles. The maximum atomic E-state index is 11.0. The molecule has 1 N–H and O–H groups in total. The Hall–Kier alpha value is -2.94. The van der Waals surface area contributed by atoms with Gasteiger partial charge in [-0.25, -0.2) is 0 Å². The molecule has 0 aliphatic carbocycles. The summed E-state index contributed by atoms with van der Waals surface area (Å²) in [6.07, 6.45) is 4.31. The first-order valence-electron chi connectivity index (χ1n) is 5.22. The van der Waals surface area contributed by atoms with Crippen LogP contribution in [0.25, 0.3) is 6.08 Å². The first kappa shape index (κ1) is 14.1. The summed E-state index contributed by atoms with van der Waals surface area (Å²) in [6, 6.07) is 5.59. The van der Waals surface area contributed by atoms with Crippen molar-refractivity contribution in [2.45, 2.75) is 6.92 Å². The Morgan fingerprint density at radius 2 is 2.21 bits per heavy atom. The van der Waals surface area contributed by atoms with Crippen molar-refractivity contribution in [3.8, 4) is 11.8 Å². The van der Waals surface area contributed by atoms with Crippen molar-refractivity contribution in [2.24, 2.45) is 0 Å². The highest BCUT2D eigenvalue weighted by Crippen LogP contribution is 2.26. The number of phenols is 1. The van der Waals surface area contributed by atoms with E-state index in [1.807, 2.05) is 0 Å². The number of rotatable bonds is 4. The zero-order valence-electron chi connectivity index (χ0n) is 10.0. The first-order valence-corrected chi connectivity index (χ1v) is 5.22. The van der Waals surface area contributed by atoms with Crippen molar-refractivity contribution >= 4 is 17.5 Å². The summed E-state index contributed by atoms with van der Waals surface area (Å²) in [5.74, 6) is -0.790. The van der Waals surface area contributed by atoms with E-state index in [0.29, 0.717) is 5.56 Å². The Morgan fingerprint density at radius 3 is 2.68 bits per heavy atom. The SMILES string of the molecule is CC(=O)/C(C#N)=C/C=C/c1ccc([N+](=O)[O-])c(O)c1. The van der Waals surface area contributed by atoms with E-state index >= 15 is 0 Å². The molecule has 96 valence electrons. The van der Waals surface area contributed by atoms with E-state index in [4.69, 9.17) is 5.26 Å². The molecule has 19 heavy (non-hydrogen) atoms. The van der Waals surface area contributed by atoms with Crippen molar-refractivity contribution in [2.75, 3.05) is 0 Å². The van der Waals surface area contributed by atoms with Gasteiger partial charge in [0, 0.05) is 6.07 Å². The third-order valence-electron chi connectivity index (χ3n) is 2.25. The van der Waals surface area contributed by atoms with Crippen molar-refractivity contribution < 1.29 is 14.8 Å². The lowest BCUT2D eigenvalue weighted by molar-refractivity contribution is -0.385. The van der Waals surface area contributed by atoms with Crippen LogP contribution in [0.15, 0.2) is 35.9 Å². The number of nitro groups is 1. The summed E-state index contributed by atoms with van der Waals surface area (Å²) >= 11 is 0. The van der Waals surface area contributed by atoms with Gasteiger partial charge in [0.2, 0.25) is 0 Å². The van der Waals surface area contributed by atoms with Crippen LogP contribution >= 0.6 is 0 Å². The highest BCUT2D eigenvalue weighted by atomic mass is 16.6. The lowest BCUT2D eigenvalue weighted by atomic mass is 10.1. The molecule has 0 bridgehead atoms. The predicted molar refractivity (Wildman–Crippen MR) is 68.2 cm³/mol. The Labute approximate surface area is 109 Å². The normalized spacial score (nSPS) is 11.3. The van der Waals surface area contributed by atoms with Crippen LogP contribution in [0.2, 0.25) is 0 Å². The zero-order valence-corrected chi connectivity index (χ0v) is 10.0. The highest BCUT2D eigenvalue weighted by molar-refractivity contribution is 5.97. The van der Waals surface area contributed by atoms with Crippen LogP contribution in [-0.4, -0.2) is 15.8 Å². The molecule has 0 unspecified atom stereocenters. The fraction of sp³-hybridized carbons (Fsp3) is 0.0769. The largest absolute Gasteiger partial charge is 0.502 e. The van der Waals surface area contributed by atoms with E-state index in [0.717, 1.165) is 0 Å². The molecule has 0 radical (unpaired) electrons. The minimum Gasteiger partial charge on any atom is -0.502 e. The average Bonchev–Trinajstić information content (AvgIpc) is 2.33. The number of aromatic hydroxyl groups is 1. The third kappa shape index (κ3) is 3.78. The van der Waals surface area contributed by atoms with Crippen LogP contribution in [0, 0.1) is 21.4 Å². The molecule has 0 saturated heterocycles. The molecule has 0 amide bonds. The van der Waals surface area contributed by atoms with Gasteiger partial charge in [0.1, 0.15) is 6.07 Å². The molecular formula is C13H10N2O4. The smallest absolute Gasteiger partial charge is 0.310 e. The van der Waals surface area contributed by atoms with E-state index in [-0.39, 0.29) is 17.0 Å². The van der Waals surface area contributed by atoms with Gasteiger partial charge in [-0.05, 0) is 30.7 Å². The van der Waals surface area contributed by atoms with Crippen LogP contribution in [0.3, 0.4) is 0 Å². The summed E-state index contributed by atoms with van der Waals surface area (Å²) in [6.45, 7) is 1.28. The number of hydrogen-bond donors (Lipinski definition) is 1. The second-order valence-corrected chi connectivity index (χ2v) is 3.61. The van der Waals surface area contributed by atoms with E-state index in [1.165, 1.54) is 43.4 Å². The van der Waals surface area contributed by atoms with Crippen molar-refractivity contribution in [1.29, 1.82) is 5.26 Å². The molecule has 1 aromatic rings. The summed E-state index contributed by atoms with van der Waals surface area (Å²) in [4.78, 5) is 20.8. The summed E-state index contributed by atoms with van der Waals surface area (Å²) in [5, 5.41) is 28.5.